The molecule has 0 saturated heterocycles. The van der Waals surface area contributed by atoms with Crippen LogP contribution in [0.1, 0.15) is 35.6 Å². The highest BCUT2D eigenvalue weighted by atomic mass is 35.5. The van der Waals surface area contributed by atoms with Crippen LogP contribution in [0, 0.1) is 13.8 Å². The molecule has 1 N–H and O–H groups in total. The van der Waals surface area contributed by atoms with Gasteiger partial charge in [0.1, 0.15) is 6.04 Å². The van der Waals surface area contributed by atoms with Gasteiger partial charge in [-0.05, 0) is 38.0 Å². The zero-order valence-corrected chi connectivity index (χ0v) is 18.2. The van der Waals surface area contributed by atoms with Crippen molar-refractivity contribution in [3.05, 3.63) is 68.7 Å². The molecule has 1 atom stereocenters. The summed E-state index contributed by atoms with van der Waals surface area (Å²) in [4.78, 5) is 27.3. The SMILES string of the molecule is CCC(C(=O)NC)N(Cc1c(Cl)cccc1Cl)C(=O)Cc1cc(C)cc(C)c1. The lowest BCUT2D eigenvalue weighted by atomic mass is 10.0. The number of halogens is 2. The molecule has 0 spiro atoms. The van der Waals surface area contributed by atoms with Crippen LogP contribution in [0.5, 0.6) is 0 Å². The molecule has 0 aliphatic carbocycles. The molecular weight excluding hydrogens is 395 g/mol. The number of rotatable bonds is 7. The van der Waals surface area contributed by atoms with E-state index in [2.05, 4.69) is 11.4 Å². The number of aryl methyl sites for hydroxylation is 2. The zero-order valence-electron chi connectivity index (χ0n) is 16.7. The van der Waals surface area contributed by atoms with E-state index in [9.17, 15) is 9.59 Å². The van der Waals surface area contributed by atoms with Gasteiger partial charge in [0.25, 0.3) is 0 Å². The van der Waals surface area contributed by atoms with Crippen molar-refractivity contribution < 1.29 is 9.59 Å². The van der Waals surface area contributed by atoms with Crippen molar-refractivity contribution >= 4 is 35.0 Å². The third-order valence-corrected chi connectivity index (χ3v) is 5.37. The van der Waals surface area contributed by atoms with Gasteiger partial charge < -0.3 is 10.2 Å². The summed E-state index contributed by atoms with van der Waals surface area (Å²) < 4.78 is 0. The van der Waals surface area contributed by atoms with E-state index in [0.717, 1.165) is 16.7 Å². The molecule has 0 aromatic heterocycles. The van der Waals surface area contributed by atoms with Gasteiger partial charge in [-0.2, -0.15) is 0 Å². The number of benzene rings is 2. The molecule has 2 aromatic carbocycles. The van der Waals surface area contributed by atoms with E-state index in [-0.39, 0.29) is 24.8 Å². The first-order valence-electron chi connectivity index (χ1n) is 9.28. The Bertz CT molecular complexity index is 827. The maximum Gasteiger partial charge on any atom is 0.242 e. The number of carbonyl (C=O) groups is 2. The van der Waals surface area contributed by atoms with E-state index in [1.807, 2.05) is 32.9 Å². The first-order valence-corrected chi connectivity index (χ1v) is 10.0. The van der Waals surface area contributed by atoms with Crippen LogP contribution in [0.25, 0.3) is 0 Å². The Balaban J connectivity index is 2.39. The van der Waals surface area contributed by atoms with Crippen LogP contribution in [0.15, 0.2) is 36.4 Å². The van der Waals surface area contributed by atoms with Gasteiger partial charge in [-0.1, -0.05) is 65.5 Å². The smallest absolute Gasteiger partial charge is 0.242 e. The topological polar surface area (TPSA) is 49.4 Å². The molecule has 0 saturated carbocycles. The summed E-state index contributed by atoms with van der Waals surface area (Å²) in [6.07, 6.45) is 0.693. The van der Waals surface area contributed by atoms with Crippen molar-refractivity contribution in [1.29, 1.82) is 0 Å². The Hall–Kier alpha value is -2.04. The fourth-order valence-electron chi connectivity index (χ4n) is 3.39. The fraction of sp³-hybridized carbons (Fsp3) is 0.364. The lowest BCUT2D eigenvalue weighted by Gasteiger charge is -2.31. The molecule has 6 heteroatoms. The Morgan fingerprint density at radius 2 is 1.64 bits per heavy atom. The minimum absolute atomic E-state index is 0.142. The molecule has 0 bridgehead atoms. The molecule has 2 rings (SSSR count). The second kappa shape index (κ2) is 9.94. The second-order valence-electron chi connectivity index (χ2n) is 6.93. The summed E-state index contributed by atoms with van der Waals surface area (Å²) in [5, 5.41) is 3.60. The summed E-state index contributed by atoms with van der Waals surface area (Å²) in [6.45, 7) is 6.06. The van der Waals surface area contributed by atoms with E-state index in [1.165, 1.54) is 0 Å². The molecule has 0 radical (unpaired) electrons. The number of hydrogen-bond donors (Lipinski definition) is 1. The molecule has 0 aliphatic rings. The molecule has 150 valence electrons. The van der Waals surface area contributed by atoms with Gasteiger partial charge >= 0.3 is 0 Å². The lowest BCUT2D eigenvalue weighted by Crippen LogP contribution is -2.48. The van der Waals surface area contributed by atoms with Crippen molar-refractivity contribution in [2.75, 3.05) is 7.05 Å². The largest absolute Gasteiger partial charge is 0.357 e. The van der Waals surface area contributed by atoms with E-state index in [4.69, 9.17) is 23.2 Å². The van der Waals surface area contributed by atoms with Crippen LogP contribution in [-0.4, -0.2) is 29.8 Å². The summed E-state index contributed by atoms with van der Waals surface area (Å²) in [6, 6.07) is 10.7. The molecule has 0 heterocycles. The van der Waals surface area contributed by atoms with Crippen molar-refractivity contribution in [3.63, 3.8) is 0 Å². The zero-order chi connectivity index (χ0) is 20.8. The lowest BCUT2D eigenvalue weighted by molar-refractivity contribution is -0.140. The van der Waals surface area contributed by atoms with Crippen LogP contribution in [-0.2, 0) is 22.6 Å². The third-order valence-electron chi connectivity index (χ3n) is 4.66. The number of amides is 2. The fourth-order valence-corrected chi connectivity index (χ4v) is 3.90. The minimum Gasteiger partial charge on any atom is -0.357 e. The van der Waals surface area contributed by atoms with Gasteiger partial charge in [0.2, 0.25) is 11.8 Å². The maximum absolute atomic E-state index is 13.2. The van der Waals surface area contributed by atoms with Crippen LogP contribution in [0.3, 0.4) is 0 Å². The van der Waals surface area contributed by atoms with Crippen LogP contribution in [0.2, 0.25) is 10.0 Å². The predicted molar refractivity (Wildman–Crippen MR) is 115 cm³/mol. The average molecular weight is 421 g/mol. The quantitative estimate of drug-likeness (QED) is 0.704. The van der Waals surface area contributed by atoms with Crippen molar-refractivity contribution in [2.45, 2.75) is 46.2 Å². The third kappa shape index (κ3) is 5.49. The maximum atomic E-state index is 13.2. The minimum atomic E-state index is -0.601. The van der Waals surface area contributed by atoms with Gasteiger partial charge in [0.15, 0.2) is 0 Å². The highest BCUT2D eigenvalue weighted by Gasteiger charge is 2.29. The van der Waals surface area contributed by atoms with E-state index >= 15 is 0 Å². The van der Waals surface area contributed by atoms with E-state index < -0.39 is 6.04 Å². The summed E-state index contributed by atoms with van der Waals surface area (Å²) in [5.41, 5.74) is 3.76. The van der Waals surface area contributed by atoms with Gasteiger partial charge in [0, 0.05) is 29.2 Å². The van der Waals surface area contributed by atoms with E-state index in [0.29, 0.717) is 22.0 Å². The number of hydrogen-bond acceptors (Lipinski definition) is 2. The van der Waals surface area contributed by atoms with Gasteiger partial charge in [-0.25, -0.2) is 0 Å². The molecule has 28 heavy (non-hydrogen) atoms. The van der Waals surface area contributed by atoms with Crippen molar-refractivity contribution in [3.8, 4) is 0 Å². The van der Waals surface area contributed by atoms with Gasteiger partial charge in [0.05, 0.1) is 6.42 Å². The number of likely N-dealkylation sites (N-methyl/N-ethyl adjacent to an activating group) is 1. The molecule has 2 amide bonds. The van der Waals surface area contributed by atoms with Crippen LogP contribution >= 0.6 is 23.2 Å². The molecule has 0 aliphatic heterocycles. The Kier molecular flexibility index (Phi) is 7.90. The monoisotopic (exact) mass is 420 g/mol. The first-order chi connectivity index (χ1) is 13.3. The number of carbonyl (C=O) groups excluding carboxylic acids is 2. The molecule has 0 fully saturated rings. The summed E-state index contributed by atoms with van der Waals surface area (Å²) in [5.74, 6) is -0.351. The van der Waals surface area contributed by atoms with Gasteiger partial charge in [-0.15, -0.1) is 0 Å². The number of nitrogens with one attached hydrogen (secondary N) is 1. The highest BCUT2D eigenvalue weighted by molar-refractivity contribution is 6.36. The summed E-state index contributed by atoms with van der Waals surface area (Å²) in [7, 11) is 1.57. The standard InChI is InChI=1S/C22H26Cl2N2O2/c1-5-20(22(28)25-4)26(13-17-18(23)7-6-8-19(17)24)21(27)12-16-10-14(2)9-15(3)11-16/h6-11,20H,5,12-13H2,1-4H3,(H,25,28). The van der Waals surface area contributed by atoms with E-state index in [1.54, 1.807) is 30.1 Å². The number of nitrogens with zero attached hydrogens (tertiary/aromatic N) is 1. The molecule has 4 nitrogen and oxygen atoms in total. The van der Waals surface area contributed by atoms with Crippen LogP contribution < -0.4 is 5.32 Å². The first kappa shape index (κ1) is 22.3. The molecular formula is C22H26Cl2N2O2. The second-order valence-corrected chi connectivity index (χ2v) is 7.75. The Morgan fingerprint density at radius 3 is 2.14 bits per heavy atom. The van der Waals surface area contributed by atoms with Gasteiger partial charge in [-0.3, -0.25) is 9.59 Å². The van der Waals surface area contributed by atoms with Crippen molar-refractivity contribution in [2.24, 2.45) is 0 Å². The average Bonchev–Trinajstić information content (AvgIpc) is 2.62. The summed E-state index contributed by atoms with van der Waals surface area (Å²) >= 11 is 12.6. The van der Waals surface area contributed by atoms with Crippen LogP contribution in [0.4, 0.5) is 0 Å². The Labute approximate surface area is 176 Å². The molecule has 2 aromatic rings. The normalized spacial score (nSPS) is 11.8. The van der Waals surface area contributed by atoms with Crippen molar-refractivity contribution in [1.82, 2.24) is 10.2 Å². The molecule has 1 unspecified atom stereocenters. The predicted octanol–water partition coefficient (Wildman–Crippen LogP) is 4.71. The Morgan fingerprint density at radius 1 is 1.07 bits per heavy atom. The highest BCUT2D eigenvalue weighted by Crippen LogP contribution is 2.27.